The zero-order valence-corrected chi connectivity index (χ0v) is 20.1. The van der Waals surface area contributed by atoms with E-state index in [1.807, 2.05) is 0 Å². The third-order valence-electron chi connectivity index (χ3n) is 8.29. The molecule has 5 aromatic rings. The molecule has 0 N–H and O–H groups in total. The van der Waals surface area contributed by atoms with Crippen molar-refractivity contribution in [1.29, 1.82) is 0 Å². The maximum absolute atomic E-state index is 2.55. The number of allylic oxidation sites excluding steroid dienone is 1. The molecule has 0 heteroatoms. The van der Waals surface area contributed by atoms with E-state index in [4.69, 9.17) is 0 Å². The van der Waals surface area contributed by atoms with Crippen LogP contribution >= 0.6 is 0 Å². The van der Waals surface area contributed by atoms with Crippen LogP contribution in [0.25, 0.3) is 49.9 Å². The van der Waals surface area contributed by atoms with Gasteiger partial charge in [0.2, 0.25) is 0 Å². The maximum Gasteiger partial charge on any atom is -0.00513 e. The molecule has 1 fully saturated rings. The number of fused-ring (bicyclic) bond motifs is 3. The SMILES string of the molecule is C1=C(CC2CCCC2)Cc2c(-c3cccc4ccccc34)ccc(-c3cccc4ccccc34)c21. The largest absolute Gasteiger partial charge is 0.0649 e. The minimum Gasteiger partial charge on any atom is -0.0649 e. The number of hydrogen-bond donors (Lipinski definition) is 0. The first-order chi connectivity index (χ1) is 17.3. The van der Waals surface area contributed by atoms with E-state index in [1.54, 1.807) is 5.57 Å². The zero-order valence-electron chi connectivity index (χ0n) is 20.1. The summed E-state index contributed by atoms with van der Waals surface area (Å²) in [7, 11) is 0. The van der Waals surface area contributed by atoms with E-state index in [9.17, 15) is 0 Å². The van der Waals surface area contributed by atoms with E-state index in [0.29, 0.717) is 0 Å². The number of hydrogen-bond acceptors (Lipinski definition) is 0. The van der Waals surface area contributed by atoms with Gasteiger partial charge < -0.3 is 0 Å². The second-order valence-electron chi connectivity index (χ2n) is 10.4. The summed E-state index contributed by atoms with van der Waals surface area (Å²) in [5, 5.41) is 5.31. The first kappa shape index (κ1) is 20.7. The van der Waals surface area contributed by atoms with Gasteiger partial charge in [0.15, 0.2) is 0 Å². The molecule has 0 aromatic heterocycles. The van der Waals surface area contributed by atoms with Gasteiger partial charge in [-0.05, 0) is 73.7 Å². The number of rotatable bonds is 4. The second kappa shape index (κ2) is 8.54. The van der Waals surface area contributed by atoms with Gasteiger partial charge in [-0.1, -0.05) is 134 Å². The molecule has 5 aromatic carbocycles. The van der Waals surface area contributed by atoms with Gasteiger partial charge >= 0.3 is 0 Å². The Hall–Kier alpha value is -3.64. The van der Waals surface area contributed by atoms with Crippen molar-refractivity contribution in [3.8, 4) is 22.3 Å². The fraction of sp³-hybridized carbons (Fsp3) is 0.200. The molecular weight excluding hydrogens is 420 g/mol. The second-order valence-corrected chi connectivity index (χ2v) is 10.4. The Kier molecular flexibility index (Phi) is 5.05. The third kappa shape index (κ3) is 3.60. The van der Waals surface area contributed by atoms with Crippen LogP contribution < -0.4 is 0 Å². The highest BCUT2D eigenvalue weighted by Crippen LogP contribution is 2.45. The van der Waals surface area contributed by atoms with Crippen LogP contribution in [0.5, 0.6) is 0 Å². The first-order valence-electron chi connectivity index (χ1n) is 13.2. The average Bonchev–Trinajstić information content (AvgIpc) is 3.58. The monoisotopic (exact) mass is 450 g/mol. The van der Waals surface area contributed by atoms with Crippen molar-refractivity contribution in [1.82, 2.24) is 0 Å². The summed E-state index contributed by atoms with van der Waals surface area (Å²) < 4.78 is 0. The van der Waals surface area contributed by atoms with Gasteiger partial charge in [0.1, 0.15) is 0 Å². The predicted molar refractivity (Wildman–Crippen MR) is 151 cm³/mol. The molecule has 0 nitrogen and oxygen atoms in total. The number of benzene rings is 5. The lowest BCUT2D eigenvalue weighted by atomic mass is 9.87. The molecule has 0 unspecified atom stereocenters. The van der Waals surface area contributed by atoms with Gasteiger partial charge in [-0.3, -0.25) is 0 Å². The van der Waals surface area contributed by atoms with E-state index in [0.717, 1.165) is 12.3 Å². The maximum atomic E-state index is 2.55. The van der Waals surface area contributed by atoms with Gasteiger partial charge in [0, 0.05) is 0 Å². The average molecular weight is 451 g/mol. The molecule has 0 atom stereocenters. The molecule has 170 valence electrons. The lowest BCUT2D eigenvalue weighted by Crippen LogP contribution is -1.97. The molecule has 35 heavy (non-hydrogen) atoms. The van der Waals surface area contributed by atoms with Crippen molar-refractivity contribution >= 4 is 27.6 Å². The molecule has 0 heterocycles. The highest BCUT2D eigenvalue weighted by molar-refractivity contribution is 6.02. The van der Waals surface area contributed by atoms with Gasteiger partial charge in [-0.25, -0.2) is 0 Å². The molecule has 0 bridgehead atoms. The highest BCUT2D eigenvalue weighted by atomic mass is 14.3. The molecule has 0 radical (unpaired) electrons. The fourth-order valence-corrected chi connectivity index (χ4v) is 6.63. The van der Waals surface area contributed by atoms with E-state index in [2.05, 4.69) is 103 Å². The van der Waals surface area contributed by atoms with E-state index in [-0.39, 0.29) is 0 Å². The van der Waals surface area contributed by atoms with Gasteiger partial charge in [0.05, 0.1) is 0 Å². The lowest BCUT2D eigenvalue weighted by molar-refractivity contribution is 0.541. The van der Waals surface area contributed by atoms with Crippen molar-refractivity contribution < 1.29 is 0 Å². The van der Waals surface area contributed by atoms with Gasteiger partial charge in [-0.15, -0.1) is 0 Å². The Bertz CT molecular complexity index is 1580. The van der Waals surface area contributed by atoms with Crippen molar-refractivity contribution in [2.75, 3.05) is 0 Å². The van der Waals surface area contributed by atoms with Crippen molar-refractivity contribution in [2.24, 2.45) is 5.92 Å². The molecule has 7 rings (SSSR count). The Morgan fingerprint density at radius 2 is 1.11 bits per heavy atom. The van der Waals surface area contributed by atoms with Crippen molar-refractivity contribution in [2.45, 2.75) is 38.5 Å². The van der Waals surface area contributed by atoms with Crippen LogP contribution in [-0.4, -0.2) is 0 Å². The fourth-order valence-electron chi connectivity index (χ4n) is 6.63. The summed E-state index contributed by atoms with van der Waals surface area (Å²) in [4.78, 5) is 0. The van der Waals surface area contributed by atoms with E-state index < -0.39 is 0 Å². The first-order valence-corrected chi connectivity index (χ1v) is 13.2. The minimum absolute atomic E-state index is 0.873. The summed E-state index contributed by atoms with van der Waals surface area (Å²) >= 11 is 0. The third-order valence-corrected chi connectivity index (χ3v) is 8.29. The Morgan fingerprint density at radius 3 is 1.80 bits per heavy atom. The van der Waals surface area contributed by atoms with Crippen molar-refractivity contribution in [3.63, 3.8) is 0 Å². The van der Waals surface area contributed by atoms with E-state index >= 15 is 0 Å². The summed E-state index contributed by atoms with van der Waals surface area (Å²) in [6, 6.07) is 35.9. The van der Waals surface area contributed by atoms with Crippen LogP contribution in [0.3, 0.4) is 0 Å². The molecule has 0 spiro atoms. The molecule has 0 amide bonds. The standard InChI is InChI=1S/C35H30/c1-2-10-24(9-1)21-25-22-34-32(30-17-7-13-26-11-3-5-15-28(26)30)19-20-33(35(34)23-25)31-18-8-14-27-12-4-6-16-29(27)31/h3-8,11-20,22,24H,1-2,9-10,21,23H2. The topological polar surface area (TPSA) is 0 Å². The van der Waals surface area contributed by atoms with Crippen LogP contribution in [0.15, 0.2) is 103 Å². The molecular formula is C35H30. The van der Waals surface area contributed by atoms with Crippen LogP contribution in [0, 0.1) is 5.92 Å². The quantitative estimate of drug-likeness (QED) is 0.255. The Morgan fingerprint density at radius 1 is 0.543 bits per heavy atom. The van der Waals surface area contributed by atoms with E-state index in [1.165, 1.54) is 87.0 Å². The predicted octanol–water partition coefficient (Wildman–Crippen LogP) is 9.85. The summed E-state index contributed by atoms with van der Waals surface area (Å²) in [6.45, 7) is 0. The summed E-state index contributed by atoms with van der Waals surface area (Å²) in [5.41, 5.74) is 10.1. The summed E-state index contributed by atoms with van der Waals surface area (Å²) in [5.74, 6) is 0.873. The molecule has 2 aliphatic rings. The van der Waals surface area contributed by atoms with Gasteiger partial charge in [-0.2, -0.15) is 0 Å². The Balaban J connectivity index is 1.43. The normalized spacial score (nSPS) is 15.6. The zero-order chi connectivity index (χ0) is 23.2. The smallest absolute Gasteiger partial charge is 0.00513 e. The molecule has 1 saturated carbocycles. The van der Waals surface area contributed by atoms with Crippen LogP contribution in [-0.2, 0) is 6.42 Å². The van der Waals surface area contributed by atoms with Crippen LogP contribution in [0.4, 0.5) is 0 Å². The highest BCUT2D eigenvalue weighted by Gasteiger charge is 2.25. The summed E-state index contributed by atoms with van der Waals surface area (Å²) in [6.07, 6.45) is 10.5. The molecule has 0 aliphatic heterocycles. The van der Waals surface area contributed by atoms with Crippen LogP contribution in [0.2, 0.25) is 0 Å². The van der Waals surface area contributed by atoms with Crippen LogP contribution in [0.1, 0.15) is 43.2 Å². The van der Waals surface area contributed by atoms with Gasteiger partial charge in [0.25, 0.3) is 0 Å². The molecule has 2 aliphatic carbocycles. The minimum atomic E-state index is 0.873. The van der Waals surface area contributed by atoms with Crippen molar-refractivity contribution in [3.05, 3.63) is 114 Å². The lowest BCUT2D eigenvalue weighted by Gasteiger charge is -2.17. The molecule has 0 saturated heterocycles. The Labute approximate surface area is 207 Å².